The minimum Gasteiger partial charge on any atom is -0.339 e. The second kappa shape index (κ2) is 8.65. The maximum atomic E-state index is 12.9. The SMILES string of the molecule is Cc1cccc(C(=O)N2CCCC2)c1NC(=O)N(C)[C@H](C)c1ccc(Cl)cc1. The number of para-hydroxylation sites is 1. The summed E-state index contributed by atoms with van der Waals surface area (Å²) in [6, 6.07) is 12.6. The summed E-state index contributed by atoms with van der Waals surface area (Å²) in [5.74, 6) is -0.0232. The fraction of sp³-hybridized carbons (Fsp3) is 0.364. The molecular formula is C22H26ClN3O2. The topological polar surface area (TPSA) is 52.7 Å². The standard InChI is InChI=1S/C22H26ClN3O2/c1-15-7-6-8-19(21(27)26-13-4-5-14-26)20(15)24-22(28)25(3)16(2)17-9-11-18(23)12-10-17/h6-12,16H,4-5,13-14H2,1-3H3,(H,24,28)/t16-/m1/s1. The molecule has 0 unspecified atom stereocenters. The van der Waals surface area contributed by atoms with Gasteiger partial charge in [-0.3, -0.25) is 4.79 Å². The van der Waals surface area contributed by atoms with Crippen molar-refractivity contribution in [2.24, 2.45) is 0 Å². The Balaban J connectivity index is 1.79. The lowest BCUT2D eigenvalue weighted by atomic mass is 10.1. The van der Waals surface area contributed by atoms with Crippen molar-refractivity contribution in [2.45, 2.75) is 32.7 Å². The Morgan fingerprint density at radius 1 is 1.11 bits per heavy atom. The zero-order valence-electron chi connectivity index (χ0n) is 16.5. The van der Waals surface area contributed by atoms with Crippen molar-refractivity contribution < 1.29 is 9.59 Å². The van der Waals surface area contributed by atoms with E-state index in [1.165, 1.54) is 0 Å². The molecule has 0 bridgehead atoms. The first-order chi connectivity index (χ1) is 13.4. The average Bonchev–Trinajstić information content (AvgIpc) is 3.23. The molecule has 1 fully saturated rings. The third-order valence-corrected chi connectivity index (χ3v) is 5.63. The van der Waals surface area contributed by atoms with Crippen molar-refractivity contribution in [3.63, 3.8) is 0 Å². The molecule has 5 nitrogen and oxygen atoms in total. The number of nitrogens with one attached hydrogen (secondary N) is 1. The van der Waals surface area contributed by atoms with Crippen LogP contribution in [-0.2, 0) is 0 Å². The van der Waals surface area contributed by atoms with E-state index in [0.29, 0.717) is 16.3 Å². The Labute approximate surface area is 171 Å². The minimum atomic E-state index is -0.257. The maximum absolute atomic E-state index is 12.9. The second-order valence-electron chi connectivity index (χ2n) is 7.27. The highest BCUT2D eigenvalue weighted by Crippen LogP contribution is 2.26. The van der Waals surface area contributed by atoms with Crippen molar-refractivity contribution in [3.8, 4) is 0 Å². The van der Waals surface area contributed by atoms with E-state index in [4.69, 9.17) is 11.6 Å². The van der Waals surface area contributed by atoms with Gasteiger partial charge < -0.3 is 15.1 Å². The summed E-state index contributed by atoms with van der Waals surface area (Å²) in [6.45, 7) is 5.40. The monoisotopic (exact) mass is 399 g/mol. The smallest absolute Gasteiger partial charge is 0.322 e. The molecule has 1 aliphatic rings. The van der Waals surface area contributed by atoms with Gasteiger partial charge in [0.15, 0.2) is 0 Å². The summed E-state index contributed by atoms with van der Waals surface area (Å²) < 4.78 is 0. The molecule has 1 aliphatic heterocycles. The van der Waals surface area contributed by atoms with E-state index in [-0.39, 0.29) is 18.0 Å². The van der Waals surface area contributed by atoms with E-state index in [9.17, 15) is 9.59 Å². The molecular weight excluding hydrogens is 374 g/mol. The summed E-state index contributed by atoms with van der Waals surface area (Å²) in [5, 5.41) is 3.62. The molecule has 0 aliphatic carbocycles. The molecule has 0 radical (unpaired) electrons. The number of urea groups is 1. The van der Waals surface area contributed by atoms with Gasteiger partial charge in [0.2, 0.25) is 0 Å². The van der Waals surface area contributed by atoms with Gasteiger partial charge in [-0.25, -0.2) is 4.79 Å². The van der Waals surface area contributed by atoms with Crippen LogP contribution in [0.5, 0.6) is 0 Å². The van der Waals surface area contributed by atoms with E-state index in [0.717, 1.165) is 37.1 Å². The number of carbonyl (C=O) groups is 2. The van der Waals surface area contributed by atoms with E-state index >= 15 is 0 Å². The van der Waals surface area contributed by atoms with E-state index in [1.807, 2.05) is 55.1 Å². The molecule has 148 valence electrons. The highest BCUT2D eigenvalue weighted by molar-refractivity contribution is 6.30. The lowest BCUT2D eigenvalue weighted by Gasteiger charge is -2.27. The average molecular weight is 400 g/mol. The zero-order chi connectivity index (χ0) is 20.3. The van der Waals surface area contributed by atoms with Gasteiger partial charge >= 0.3 is 6.03 Å². The quantitative estimate of drug-likeness (QED) is 0.776. The second-order valence-corrected chi connectivity index (χ2v) is 7.70. The normalized spacial score (nSPS) is 14.6. The molecule has 1 N–H and O–H groups in total. The van der Waals surface area contributed by atoms with Crippen LogP contribution in [0.25, 0.3) is 0 Å². The Morgan fingerprint density at radius 3 is 2.39 bits per heavy atom. The Morgan fingerprint density at radius 2 is 1.75 bits per heavy atom. The molecule has 1 saturated heterocycles. The van der Waals surface area contributed by atoms with Gasteiger partial charge in [-0.05, 0) is 56.0 Å². The maximum Gasteiger partial charge on any atom is 0.322 e. The molecule has 1 atom stereocenters. The van der Waals surface area contributed by atoms with Gasteiger partial charge in [0.25, 0.3) is 5.91 Å². The highest BCUT2D eigenvalue weighted by atomic mass is 35.5. The van der Waals surface area contributed by atoms with Gasteiger partial charge in [-0.15, -0.1) is 0 Å². The number of anilines is 1. The van der Waals surface area contributed by atoms with Gasteiger partial charge in [-0.2, -0.15) is 0 Å². The number of likely N-dealkylation sites (tertiary alicyclic amines) is 1. The number of aryl methyl sites for hydroxylation is 1. The summed E-state index contributed by atoms with van der Waals surface area (Å²) >= 11 is 5.96. The largest absolute Gasteiger partial charge is 0.339 e. The Bertz CT molecular complexity index is 861. The number of benzene rings is 2. The summed E-state index contributed by atoms with van der Waals surface area (Å²) in [4.78, 5) is 29.3. The molecule has 1 heterocycles. The van der Waals surface area contributed by atoms with Crippen LogP contribution in [0.2, 0.25) is 5.02 Å². The minimum absolute atomic E-state index is 0.0232. The van der Waals surface area contributed by atoms with Crippen LogP contribution in [0.15, 0.2) is 42.5 Å². The molecule has 3 rings (SSSR count). The number of rotatable bonds is 4. The van der Waals surface area contributed by atoms with Crippen LogP contribution >= 0.6 is 11.6 Å². The van der Waals surface area contributed by atoms with Crippen LogP contribution in [-0.4, -0.2) is 41.9 Å². The number of hydrogen-bond acceptors (Lipinski definition) is 2. The lowest BCUT2D eigenvalue weighted by Crippen LogP contribution is -2.35. The van der Waals surface area contributed by atoms with Crippen LogP contribution in [0, 0.1) is 6.92 Å². The first-order valence-corrected chi connectivity index (χ1v) is 9.94. The molecule has 0 spiro atoms. The van der Waals surface area contributed by atoms with Gasteiger partial charge in [0.05, 0.1) is 17.3 Å². The first kappa shape index (κ1) is 20.2. The molecule has 2 aromatic rings. The van der Waals surface area contributed by atoms with Crippen LogP contribution in [0.3, 0.4) is 0 Å². The van der Waals surface area contributed by atoms with Crippen molar-refractivity contribution in [1.82, 2.24) is 9.80 Å². The van der Waals surface area contributed by atoms with E-state index in [2.05, 4.69) is 5.32 Å². The zero-order valence-corrected chi connectivity index (χ0v) is 17.3. The highest BCUT2D eigenvalue weighted by Gasteiger charge is 2.25. The molecule has 0 aromatic heterocycles. The fourth-order valence-electron chi connectivity index (χ4n) is 3.44. The number of amides is 3. The van der Waals surface area contributed by atoms with Gasteiger partial charge in [0, 0.05) is 25.2 Å². The van der Waals surface area contributed by atoms with Crippen molar-refractivity contribution in [2.75, 3.05) is 25.5 Å². The van der Waals surface area contributed by atoms with Crippen molar-refractivity contribution in [1.29, 1.82) is 0 Å². The molecule has 2 aromatic carbocycles. The summed E-state index contributed by atoms with van der Waals surface area (Å²) in [5.41, 5.74) is 2.98. The predicted molar refractivity (Wildman–Crippen MR) is 113 cm³/mol. The summed E-state index contributed by atoms with van der Waals surface area (Å²) in [6.07, 6.45) is 2.06. The van der Waals surface area contributed by atoms with Crippen molar-refractivity contribution in [3.05, 3.63) is 64.2 Å². The Hall–Kier alpha value is -2.53. The number of hydrogen-bond donors (Lipinski definition) is 1. The third-order valence-electron chi connectivity index (χ3n) is 5.38. The number of carbonyl (C=O) groups excluding carboxylic acids is 2. The Kier molecular flexibility index (Phi) is 6.25. The van der Waals surface area contributed by atoms with Crippen molar-refractivity contribution >= 4 is 29.2 Å². The fourth-order valence-corrected chi connectivity index (χ4v) is 3.56. The van der Waals surface area contributed by atoms with Crippen LogP contribution in [0.4, 0.5) is 10.5 Å². The van der Waals surface area contributed by atoms with Crippen LogP contribution in [0.1, 0.15) is 47.3 Å². The number of halogens is 1. The lowest BCUT2D eigenvalue weighted by molar-refractivity contribution is 0.0793. The van der Waals surface area contributed by atoms with Gasteiger partial charge in [0.1, 0.15) is 0 Å². The van der Waals surface area contributed by atoms with E-state index in [1.54, 1.807) is 18.0 Å². The predicted octanol–water partition coefficient (Wildman–Crippen LogP) is 5.11. The summed E-state index contributed by atoms with van der Waals surface area (Å²) in [7, 11) is 1.74. The third kappa shape index (κ3) is 4.30. The molecule has 6 heteroatoms. The van der Waals surface area contributed by atoms with Crippen LogP contribution < -0.4 is 5.32 Å². The molecule has 28 heavy (non-hydrogen) atoms. The van der Waals surface area contributed by atoms with Gasteiger partial charge in [-0.1, -0.05) is 35.9 Å². The van der Waals surface area contributed by atoms with E-state index < -0.39 is 0 Å². The molecule has 0 saturated carbocycles. The number of nitrogens with zero attached hydrogens (tertiary/aromatic N) is 2. The first-order valence-electron chi connectivity index (χ1n) is 9.56. The molecule has 3 amide bonds.